The average molecular weight is 510 g/mol. The molecule has 1 N–H and O–H groups in total. The molecule has 4 aromatic rings. The van der Waals surface area contributed by atoms with Crippen LogP contribution in [0.15, 0.2) is 67.4 Å². The first-order valence-corrected chi connectivity index (χ1v) is 11.3. The van der Waals surface area contributed by atoms with E-state index in [9.17, 15) is 4.79 Å². The molecule has 0 aliphatic heterocycles. The molecule has 4 rings (SSSR count). The SMILES string of the molecule is [2H]C([2H])=C([2H])C(=O)Nc1cc(Cc2nccc(-c3cn(C)c4ccccc34)n2)c(OC)cc1N(C)CC([2H])([2H])N(C([2H])([2H])[2H])C([2H])([2H])[2H]. The van der Waals surface area contributed by atoms with Crippen LogP contribution in [-0.4, -0.2) is 66.5 Å². The van der Waals surface area contributed by atoms with Crippen LogP contribution < -0.4 is 15.0 Å². The summed E-state index contributed by atoms with van der Waals surface area (Å²) in [4.78, 5) is 23.0. The molecular weight excluding hydrogens is 464 g/mol. The first-order valence-electron chi connectivity index (χ1n) is 16.8. The van der Waals surface area contributed by atoms with Gasteiger partial charge in [0, 0.05) is 85.0 Å². The highest BCUT2D eigenvalue weighted by Gasteiger charge is 2.17. The van der Waals surface area contributed by atoms with Crippen molar-refractivity contribution in [2.24, 2.45) is 7.05 Å². The monoisotopic (exact) mass is 509 g/mol. The number of rotatable bonds is 10. The Morgan fingerprint density at radius 1 is 1.35 bits per heavy atom. The fourth-order valence-electron chi connectivity index (χ4n) is 4.12. The number of ether oxygens (including phenoxy) is 1. The smallest absolute Gasteiger partial charge is 0.247 e. The normalized spacial score (nSPS) is 16.4. The van der Waals surface area contributed by atoms with Crippen molar-refractivity contribution >= 4 is 28.2 Å². The van der Waals surface area contributed by atoms with E-state index in [1.54, 1.807) is 12.3 Å². The molecule has 192 valence electrons. The van der Waals surface area contributed by atoms with E-state index in [0.29, 0.717) is 17.1 Å². The molecule has 0 aliphatic rings. The largest absolute Gasteiger partial charge is 0.496 e. The Morgan fingerprint density at radius 3 is 2.97 bits per heavy atom. The molecule has 0 fully saturated rings. The van der Waals surface area contributed by atoms with Gasteiger partial charge in [0.15, 0.2) is 0 Å². The summed E-state index contributed by atoms with van der Waals surface area (Å²) in [6.45, 7) is -11.4. The van der Waals surface area contributed by atoms with Crippen molar-refractivity contribution in [1.82, 2.24) is 19.4 Å². The van der Waals surface area contributed by atoms with Crippen molar-refractivity contribution in [1.29, 1.82) is 0 Å². The lowest BCUT2D eigenvalue weighted by molar-refractivity contribution is -0.111. The van der Waals surface area contributed by atoms with Crippen LogP contribution in [0, 0.1) is 0 Å². The van der Waals surface area contributed by atoms with Gasteiger partial charge in [0.25, 0.3) is 0 Å². The van der Waals surface area contributed by atoms with E-state index in [2.05, 4.69) is 10.3 Å². The number of methoxy groups -OCH3 is 1. The Kier molecular flexibility index (Phi) is 4.62. The highest BCUT2D eigenvalue weighted by atomic mass is 16.5. The van der Waals surface area contributed by atoms with Crippen LogP contribution in [0.25, 0.3) is 22.2 Å². The van der Waals surface area contributed by atoms with Gasteiger partial charge >= 0.3 is 0 Å². The van der Waals surface area contributed by atoms with Gasteiger partial charge in [-0.3, -0.25) is 4.79 Å². The molecule has 0 atom stereocenters. The number of nitrogens with zero attached hydrogens (tertiary/aromatic N) is 5. The lowest BCUT2D eigenvalue weighted by Gasteiger charge is -2.25. The summed E-state index contributed by atoms with van der Waals surface area (Å²) < 4.78 is 93.1. The number of para-hydroxylation sites is 1. The van der Waals surface area contributed by atoms with Crippen molar-refractivity contribution in [2.75, 3.05) is 51.4 Å². The van der Waals surface area contributed by atoms with E-state index < -0.39 is 45.5 Å². The second kappa shape index (κ2) is 11.3. The van der Waals surface area contributed by atoms with Gasteiger partial charge in [0.1, 0.15) is 11.6 Å². The number of hydrogen-bond acceptors (Lipinski definition) is 6. The lowest BCUT2D eigenvalue weighted by atomic mass is 10.1. The van der Waals surface area contributed by atoms with Crippen LogP contribution in [0.1, 0.15) is 26.5 Å². The summed E-state index contributed by atoms with van der Waals surface area (Å²) >= 11 is 0. The van der Waals surface area contributed by atoms with Crippen molar-refractivity contribution in [3.05, 3.63) is 78.8 Å². The van der Waals surface area contributed by atoms with E-state index in [1.165, 1.54) is 31.2 Å². The molecule has 0 bridgehead atoms. The number of aromatic nitrogens is 3. The first-order chi connectivity index (χ1) is 22.2. The van der Waals surface area contributed by atoms with E-state index >= 15 is 0 Å². The third-order valence-electron chi connectivity index (χ3n) is 5.86. The maximum atomic E-state index is 12.8. The second-order valence-corrected chi connectivity index (χ2v) is 8.32. The topological polar surface area (TPSA) is 75.5 Å². The fourth-order valence-corrected chi connectivity index (χ4v) is 4.12. The number of benzene rings is 2. The molecule has 2 aromatic carbocycles. The average Bonchev–Trinajstić information content (AvgIpc) is 3.31. The van der Waals surface area contributed by atoms with Gasteiger partial charge in [-0.15, -0.1) is 0 Å². The highest BCUT2D eigenvalue weighted by Crippen LogP contribution is 2.35. The number of carbonyl (C=O) groups excluding carboxylic acids is 1. The molecule has 0 unspecified atom stereocenters. The molecule has 1 amide bonds. The minimum Gasteiger partial charge on any atom is -0.496 e. The Bertz CT molecular complexity index is 1840. The minimum absolute atomic E-state index is 0.0142. The van der Waals surface area contributed by atoms with Crippen LogP contribution in [0.5, 0.6) is 5.75 Å². The Hall–Kier alpha value is -4.17. The van der Waals surface area contributed by atoms with Crippen molar-refractivity contribution in [3.8, 4) is 17.0 Å². The molecule has 37 heavy (non-hydrogen) atoms. The van der Waals surface area contributed by atoms with Crippen LogP contribution in [-0.2, 0) is 18.3 Å². The molecule has 2 heterocycles. The summed E-state index contributed by atoms with van der Waals surface area (Å²) in [6.07, 6.45) is 3.67. The predicted molar refractivity (Wildman–Crippen MR) is 150 cm³/mol. The van der Waals surface area contributed by atoms with Gasteiger partial charge in [-0.2, -0.15) is 0 Å². The Morgan fingerprint density at radius 2 is 2.19 bits per heavy atom. The Labute approximate surface area is 233 Å². The van der Waals surface area contributed by atoms with E-state index in [0.717, 1.165) is 16.5 Å². The van der Waals surface area contributed by atoms with Crippen molar-refractivity contribution < 1.29 is 24.6 Å². The quantitative estimate of drug-likeness (QED) is 0.320. The number of anilines is 2. The molecule has 8 heteroatoms. The number of fused-ring (bicyclic) bond motifs is 1. The summed E-state index contributed by atoms with van der Waals surface area (Å²) in [6, 6.07) is 11.6. The summed E-state index contributed by atoms with van der Waals surface area (Å²) in [7, 11) is 4.67. The van der Waals surface area contributed by atoms with Crippen LogP contribution >= 0.6 is 0 Å². The maximum absolute atomic E-state index is 12.8. The number of likely N-dealkylation sites (N-methyl/N-ethyl adjacent to an activating group) is 2. The van der Waals surface area contributed by atoms with Gasteiger partial charge in [0.05, 0.1) is 28.3 Å². The Balaban J connectivity index is 1.78. The zero-order valence-corrected chi connectivity index (χ0v) is 20.7. The summed E-state index contributed by atoms with van der Waals surface area (Å²) in [5.74, 6) is -0.467. The zero-order chi connectivity index (χ0) is 35.8. The number of aryl methyl sites for hydroxylation is 1. The molecule has 0 saturated heterocycles. The van der Waals surface area contributed by atoms with Gasteiger partial charge in [-0.05, 0) is 38.2 Å². The second-order valence-electron chi connectivity index (χ2n) is 8.32. The van der Waals surface area contributed by atoms with Crippen LogP contribution in [0.3, 0.4) is 0 Å². The third kappa shape index (κ3) is 5.81. The predicted octanol–water partition coefficient (Wildman–Crippen LogP) is 4.36. The third-order valence-corrected chi connectivity index (χ3v) is 5.86. The molecule has 0 aliphatic carbocycles. The van der Waals surface area contributed by atoms with E-state index in [-0.39, 0.29) is 28.4 Å². The minimum atomic E-state index is -3.32. The maximum Gasteiger partial charge on any atom is 0.247 e. The lowest BCUT2D eigenvalue weighted by Crippen LogP contribution is -2.29. The number of nitrogens with one attached hydrogen (secondary N) is 1. The highest BCUT2D eigenvalue weighted by molar-refractivity contribution is 6.01. The molecule has 0 saturated carbocycles. The standard InChI is InChI=1S/C29H34N6O2/c1-7-29(36)32-24-16-20(27(37-6)18-26(24)34(4)15-14-33(2)3)17-28-30-13-12-23(31-28)22-19-35(5)25-11-9-8-10-21(22)25/h7-13,16,18-19H,1,14-15,17H2,2-6H3,(H,32,36)/i1D2,2D3,3D3,7D,14D2. The van der Waals surface area contributed by atoms with E-state index in [4.69, 9.17) is 24.8 Å². The van der Waals surface area contributed by atoms with Gasteiger partial charge in [0.2, 0.25) is 5.91 Å². The molecule has 0 radical (unpaired) electrons. The zero-order valence-electron chi connectivity index (χ0n) is 31.7. The van der Waals surface area contributed by atoms with Crippen molar-refractivity contribution in [3.63, 3.8) is 0 Å². The molecule has 8 nitrogen and oxygen atoms in total. The first kappa shape index (κ1) is 15.2. The van der Waals surface area contributed by atoms with Crippen LogP contribution in [0.4, 0.5) is 11.4 Å². The molecule has 0 spiro atoms. The molecule has 2 aromatic heterocycles. The van der Waals surface area contributed by atoms with Crippen LogP contribution in [0.2, 0.25) is 0 Å². The van der Waals surface area contributed by atoms with Gasteiger partial charge in [-0.1, -0.05) is 24.7 Å². The number of carbonyl (C=O) groups is 1. The number of hydrogen-bond donors (Lipinski definition) is 1. The van der Waals surface area contributed by atoms with Gasteiger partial charge in [-0.25, -0.2) is 9.97 Å². The van der Waals surface area contributed by atoms with E-state index in [1.807, 2.05) is 42.1 Å². The van der Waals surface area contributed by atoms with Gasteiger partial charge < -0.3 is 24.4 Å². The fraction of sp³-hybridized carbons (Fsp3) is 0.276. The summed E-state index contributed by atoms with van der Waals surface area (Å²) in [5, 5.41) is 3.46. The number of amides is 1. The summed E-state index contributed by atoms with van der Waals surface area (Å²) in [5.41, 5.74) is 3.09. The van der Waals surface area contributed by atoms with Crippen molar-refractivity contribution in [2.45, 2.75) is 6.42 Å². The molecular formula is C29H34N6O2.